The monoisotopic (exact) mass is 179 g/mol. The molecule has 1 aliphatic rings. The molecule has 1 aromatic carbocycles. The van der Waals surface area contributed by atoms with Gasteiger partial charge in [0.1, 0.15) is 5.75 Å². The van der Waals surface area contributed by atoms with Crippen molar-refractivity contribution in [2.24, 2.45) is 5.73 Å². The zero-order chi connectivity index (χ0) is 9.26. The summed E-state index contributed by atoms with van der Waals surface area (Å²) in [6.07, 6.45) is 0.296. The summed E-state index contributed by atoms with van der Waals surface area (Å²) < 4.78 is 5.42. The molecule has 1 heterocycles. The van der Waals surface area contributed by atoms with Crippen LogP contribution in [0.3, 0.4) is 0 Å². The van der Waals surface area contributed by atoms with Gasteiger partial charge in [0.05, 0.1) is 12.7 Å². The Morgan fingerprint density at radius 1 is 1.54 bits per heavy atom. The summed E-state index contributed by atoms with van der Waals surface area (Å²) in [6.45, 7) is 1.09. The van der Waals surface area contributed by atoms with Crippen molar-refractivity contribution in [2.75, 3.05) is 6.61 Å². The lowest BCUT2D eigenvalue weighted by molar-refractivity contribution is 0.115. The predicted molar refractivity (Wildman–Crippen MR) is 49.4 cm³/mol. The van der Waals surface area contributed by atoms with E-state index in [9.17, 15) is 5.11 Å². The first-order chi connectivity index (χ1) is 6.31. The van der Waals surface area contributed by atoms with E-state index in [4.69, 9.17) is 10.5 Å². The molecular weight excluding hydrogens is 166 g/mol. The fourth-order valence-corrected chi connectivity index (χ4v) is 1.54. The minimum Gasteiger partial charge on any atom is -0.493 e. The van der Waals surface area contributed by atoms with Crippen LogP contribution in [0.5, 0.6) is 5.75 Å². The number of rotatable bonds is 1. The van der Waals surface area contributed by atoms with Crippen molar-refractivity contribution in [3.05, 3.63) is 29.3 Å². The average molecular weight is 179 g/mol. The van der Waals surface area contributed by atoms with Gasteiger partial charge in [-0.3, -0.25) is 0 Å². The van der Waals surface area contributed by atoms with Gasteiger partial charge in [-0.1, -0.05) is 12.1 Å². The molecule has 3 nitrogen and oxygen atoms in total. The van der Waals surface area contributed by atoms with Crippen LogP contribution in [0, 0.1) is 0 Å². The Balaban J connectivity index is 2.39. The lowest BCUT2D eigenvalue weighted by Gasteiger charge is -2.22. The lowest BCUT2D eigenvalue weighted by Crippen LogP contribution is -2.14. The average Bonchev–Trinajstić information content (AvgIpc) is 2.18. The molecular formula is C10H13NO2. The van der Waals surface area contributed by atoms with Crippen molar-refractivity contribution >= 4 is 0 Å². The normalized spacial score (nSPS) is 20.6. The van der Waals surface area contributed by atoms with E-state index in [0.717, 1.165) is 16.9 Å². The number of benzene rings is 1. The summed E-state index contributed by atoms with van der Waals surface area (Å²) in [5.74, 6) is 0.779. The Hall–Kier alpha value is -1.06. The van der Waals surface area contributed by atoms with Crippen LogP contribution in [0.1, 0.15) is 23.7 Å². The molecule has 2 rings (SSSR count). The number of aliphatic hydroxyl groups is 1. The van der Waals surface area contributed by atoms with Crippen LogP contribution in [-0.4, -0.2) is 11.7 Å². The molecule has 0 bridgehead atoms. The molecule has 0 aromatic heterocycles. The van der Waals surface area contributed by atoms with Gasteiger partial charge in [-0.2, -0.15) is 0 Å². The van der Waals surface area contributed by atoms with Gasteiger partial charge in [-0.25, -0.2) is 0 Å². The maximum absolute atomic E-state index is 9.61. The first-order valence-electron chi connectivity index (χ1n) is 4.45. The molecule has 0 saturated heterocycles. The topological polar surface area (TPSA) is 55.5 Å². The van der Waals surface area contributed by atoms with Crippen LogP contribution in [0.4, 0.5) is 0 Å². The van der Waals surface area contributed by atoms with Crippen LogP contribution >= 0.6 is 0 Å². The van der Waals surface area contributed by atoms with Crippen LogP contribution in [0.15, 0.2) is 18.2 Å². The Bertz CT molecular complexity index is 312. The fourth-order valence-electron chi connectivity index (χ4n) is 1.54. The molecule has 3 heteroatoms. The van der Waals surface area contributed by atoms with Crippen molar-refractivity contribution in [3.63, 3.8) is 0 Å². The third kappa shape index (κ3) is 1.53. The second-order valence-electron chi connectivity index (χ2n) is 3.23. The van der Waals surface area contributed by atoms with Crippen molar-refractivity contribution in [1.29, 1.82) is 0 Å². The highest BCUT2D eigenvalue weighted by Crippen LogP contribution is 2.32. The zero-order valence-electron chi connectivity index (χ0n) is 7.36. The quantitative estimate of drug-likeness (QED) is 0.675. The Labute approximate surface area is 77.1 Å². The van der Waals surface area contributed by atoms with Crippen molar-refractivity contribution in [3.8, 4) is 5.75 Å². The molecule has 0 fully saturated rings. The standard InChI is InChI=1S/C10H13NO2/c11-6-7-1-2-8-9(12)3-4-13-10(8)5-7/h1-2,5,9,12H,3-4,6,11H2. The third-order valence-electron chi connectivity index (χ3n) is 2.32. The van der Waals surface area contributed by atoms with Crippen molar-refractivity contribution in [1.82, 2.24) is 0 Å². The van der Waals surface area contributed by atoms with Crippen molar-refractivity contribution in [2.45, 2.75) is 19.1 Å². The number of hydrogen-bond donors (Lipinski definition) is 2. The highest BCUT2D eigenvalue weighted by atomic mass is 16.5. The van der Waals surface area contributed by atoms with Gasteiger partial charge in [-0.15, -0.1) is 0 Å². The lowest BCUT2D eigenvalue weighted by atomic mass is 10.0. The molecule has 1 atom stereocenters. The first kappa shape index (κ1) is 8.53. The SMILES string of the molecule is NCc1ccc2c(c1)OCCC2O. The summed E-state index contributed by atoms with van der Waals surface area (Å²) in [5, 5.41) is 9.61. The molecule has 3 N–H and O–H groups in total. The second-order valence-corrected chi connectivity index (χ2v) is 3.23. The van der Waals surface area contributed by atoms with E-state index in [-0.39, 0.29) is 6.10 Å². The Morgan fingerprint density at radius 3 is 3.15 bits per heavy atom. The molecule has 1 aliphatic heterocycles. The van der Waals surface area contributed by atoms with E-state index in [1.54, 1.807) is 0 Å². The number of fused-ring (bicyclic) bond motifs is 1. The number of ether oxygens (including phenoxy) is 1. The van der Waals surface area contributed by atoms with E-state index in [1.807, 2.05) is 18.2 Å². The van der Waals surface area contributed by atoms with Crippen LogP contribution < -0.4 is 10.5 Å². The predicted octanol–water partition coefficient (Wildman–Crippen LogP) is 0.961. The fraction of sp³-hybridized carbons (Fsp3) is 0.400. The molecule has 1 unspecified atom stereocenters. The van der Waals surface area contributed by atoms with E-state index >= 15 is 0 Å². The van der Waals surface area contributed by atoms with E-state index in [1.165, 1.54) is 0 Å². The smallest absolute Gasteiger partial charge is 0.125 e. The number of aliphatic hydroxyl groups excluding tert-OH is 1. The molecule has 70 valence electrons. The Kier molecular flexibility index (Phi) is 2.20. The first-order valence-corrected chi connectivity index (χ1v) is 4.45. The van der Waals surface area contributed by atoms with E-state index < -0.39 is 0 Å². The minimum atomic E-state index is -0.379. The zero-order valence-corrected chi connectivity index (χ0v) is 7.36. The van der Waals surface area contributed by atoms with Crippen LogP contribution in [-0.2, 0) is 6.54 Å². The van der Waals surface area contributed by atoms with Crippen LogP contribution in [0.2, 0.25) is 0 Å². The molecule has 0 spiro atoms. The highest BCUT2D eigenvalue weighted by Gasteiger charge is 2.18. The van der Waals surface area contributed by atoms with E-state index in [2.05, 4.69) is 0 Å². The van der Waals surface area contributed by atoms with Gasteiger partial charge in [-0.05, 0) is 11.6 Å². The summed E-state index contributed by atoms with van der Waals surface area (Å²) >= 11 is 0. The summed E-state index contributed by atoms with van der Waals surface area (Å²) in [5.41, 5.74) is 7.41. The van der Waals surface area contributed by atoms with Gasteiger partial charge in [0.2, 0.25) is 0 Å². The third-order valence-corrected chi connectivity index (χ3v) is 2.32. The molecule has 0 saturated carbocycles. The summed E-state index contributed by atoms with van der Waals surface area (Å²) in [7, 11) is 0. The van der Waals surface area contributed by atoms with Gasteiger partial charge in [0.25, 0.3) is 0 Å². The number of nitrogens with two attached hydrogens (primary N) is 1. The highest BCUT2D eigenvalue weighted by molar-refractivity contribution is 5.40. The molecule has 13 heavy (non-hydrogen) atoms. The second kappa shape index (κ2) is 3.36. The van der Waals surface area contributed by atoms with Crippen molar-refractivity contribution < 1.29 is 9.84 Å². The van der Waals surface area contributed by atoms with Gasteiger partial charge < -0.3 is 15.6 Å². The maximum Gasteiger partial charge on any atom is 0.125 e. The summed E-state index contributed by atoms with van der Waals surface area (Å²) in [4.78, 5) is 0. The molecule has 1 aromatic rings. The maximum atomic E-state index is 9.61. The van der Waals surface area contributed by atoms with E-state index in [0.29, 0.717) is 19.6 Å². The van der Waals surface area contributed by atoms with Gasteiger partial charge in [0, 0.05) is 18.5 Å². The van der Waals surface area contributed by atoms with Gasteiger partial charge in [0.15, 0.2) is 0 Å². The van der Waals surface area contributed by atoms with Gasteiger partial charge >= 0.3 is 0 Å². The van der Waals surface area contributed by atoms with Crippen LogP contribution in [0.25, 0.3) is 0 Å². The largest absolute Gasteiger partial charge is 0.493 e. The Morgan fingerprint density at radius 2 is 2.38 bits per heavy atom. The number of hydrogen-bond acceptors (Lipinski definition) is 3. The summed E-state index contributed by atoms with van der Waals surface area (Å²) in [6, 6.07) is 5.72. The molecule has 0 radical (unpaired) electrons. The minimum absolute atomic E-state index is 0.379. The molecule has 0 amide bonds. The molecule has 0 aliphatic carbocycles.